The van der Waals surface area contributed by atoms with E-state index in [9.17, 15) is 14.4 Å². The fraction of sp³-hybridized carbons (Fsp3) is 0.954. The van der Waals surface area contributed by atoms with Gasteiger partial charge in [-0.2, -0.15) is 0 Å². The summed E-state index contributed by atoms with van der Waals surface area (Å²) in [7, 11) is 0. The van der Waals surface area contributed by atoms with Crippen LogP contribution in [0.25, 0.3) is 0 Å². The minimum Gasteiger partial charge on any atom is -0.462 e. The second-order valence-corrected chi connectivity index (χ2v) is 23.4. The Balaban J connectivity index is 4.31. The van der Waals surface area contributed by atoms with E-state index in [1.807, 2.05) is 0 Å². The highest BCUT2D eigenvalue weighted by Crippen LogP contribution is 2.20. The van der Waals surface area contributed by atoms with Crippen molar-refractivity contribution in [1.29, 1.82) is 0 Å². The van der Waals surface area contributed by atoms with Crippen molar-refractivity contribution in [3.05, 3.63) is 0 Å². The quantitative estimate of drug-likeness (QED) is 0.0343. The summed E-state index contributed by atoms with van der Waals surface area (Å²) in [5.41, 5.74) is 0. The molecule has 0 aromatic heterocycles. The van der Waals surface area contributed by atoms with Gasteiger partial charge in [0.1, 0.15) is 13.2 Å². The minimum atomic E-state index is -0.765. The lowest BCUT2D eigenvalue weighted by Gasteiger charge is -2.18. The summed E-state index contributed by atoms with van der Waals surface area (Å²) in [6.45, 7) is 13.9. The van der Waals surface area contributed by atoms with Gasteiger partial charge in [-0.3, -0.25) is 14.4 Å². The molecule has 0 aromatic carbocycles. The van der Waals surface area contributed by atoms with E-state index in [2.05, 4.69) is 41.5 Å². The van der Waals surface area contributed by atoms with E-state index in [-0.39, 0.29) is 31.1 Å². The van der Waals surface area contributed by atoms with Gasteiger partial charge < -0.3 is 14.2 Å². The van der Waals surface area contributed by atoms with Gasteiger partial charge >= 0.3 is 17.9 Å². The first-order valence-corrected chi connectivity index (χ1v) is 32.2. The van der Waals surface area contributed by atoms with Gasteiger partial charge in [-0.25, -0.2) is 0 Å². The predicted molar refractivity (Wildman–Crippen MR) is 307 cm³/mol. The van der Waals surface area contributed by atoms with Gasteiger partial charge in [-0.15, -0.1) is 0 Å². The molecule has 0 aromatic rings. The predicted octanol–water partition coefficient (Wildman–Crippen LogP) is 21.5. The number of carbonyl (C=O) groups excluding carboxylic acids is 3. The zero-order valence-electron chi connectivity index (χ0n) is 49.0. The normalized spacial score (nSPS) is 12.9. The summed E-state index contributed by atoms with van der Waals surface area (Å²) in [6.07, 6.45) is 60.8. The smallest absolute Gasteiger partial charge is 0.306 e. The average Bonchev–Trinajstić information content (AvgIpc) is 3.36. The summed E-state index contributed by atoms with van der Waals surface area (Å²) in [4.78, 5) is 38.3. The van der Waals surface area contributed by atoms with E-state index in [0.717, 1.165) is 75.5 Å². The summed E-state index contributed by atoms with van der Waals surface area (Å²) < 4.78 is 17.0. The van der Waals surface area contributed by atoms with Gasteiger partial charge in [0, 0.05) is 19.3 Å². The van der Waals surface area contributed by atoms with Crippen LogP contribution in [0.3, 0.4) is 0 Å². The molecule has 422 valence electrons. The lowest BCUT2D eigenvalue weighted by atomic mass is 9.99. The van der Waals surface area contributed by atoms with Gasteiger partial charge in [0.2, 0.25) is 0 Å². The second-order valence-electron chi connectivity index (χ2n) is 23.4. The summed E-state index contributed by atoms with van der Waals surface area (Å²) in [6, 6.07) is 0. The molecule has 0 saturated heterocycles. The van der Waals surface area contributed by atoms with Crippen LogP contribution in [0.4, 0.5) is 0 Å². The third-order valence-corrected chi connectivity index (χ3v) is 15.6. The summed E-state index contributed by atoms with van der Waals surface area (Å²) >= 11 is 0. The highest BCUT2D eigenvalue weighted by atomic mass is 16.6. The molecule has 0 aliphatic rings. The molecular weight excluding hydrogens is 877 g/mol. The molecule has 6 heteroatoms. The van der Waals surface area contributed by atoms with E-state index < -0.39 is 6.10 Å². The molecule has 0 amide bonds. The maximum Gasteiger partial charge on any atom is 0.306 e. The molecule has 0 bridgehead atoms. The molecule has 0 rings (SSSR count). The number of rotatable bonds is 58. The fourth-order valence-electron chi connectivity index (χ4n) is 10.00. The average molecular weight is 1000 g/mol. The van der Waals surface area contributed by atoms with Crippen LogP contribution < -0.4 is 0 Å². The van der Waals surface area contributed by atoms with Crippen LogP contribution in [-0.2, 0) is 28.6 Å². The molecule has 0 fully saturated rings. The van der Waals surface area contributed by atoms with E-state index in [4.69, 9.17) is 14.2 Å². The minimum absolute atomic E-state index is 0.0626. The van der Waals surface area contributed by atoms with Crippen molar-refractivity contribution < 1.29 is 28.6 Å². The SMILES string of the molecule is CCC(C)CCCCCCCCCCCCCCCCC(=O)OC[C@H](COC(=O)CCCCCCCCCCCCCCCCC(C)C)OC(=O)CCCCCCCCCCCCCCCCC(C)CC. The van der Waals surface area contributed by atoms with Crippen molar-refractivity contribution in [3.8, 4) is 0 Å². The standard InChI is InChI=1S/C65H126O6/c1-7-60(5)52-46-40-34-28-22-16-10-13-19-25-31-37-43-49-55-64(67)70-58-62(57-69-63(66)54-48-42-36-30-24-18-12-9-15-21-27-33-39-45-51-59(3)4)71-65(68)56-50-44-38-32-26-20-14-11-17-23-29-35-41-47-53-61(6)8-2/h59-62H,7-58H2,1-6H3/t60?,61?,62-/m0/s1. The molecule has 0 heterocycles. The molecule has 0 spiro atoms. The van der Waals surface area contributed by atoms with Crippen molar-refractivity contribution in [2.24, 2.45) is 17.8 Å². The van der Waals surface area contributed by atoms with Gasteiger partial charge in [0.25, 0.3) is 0 Å². The first-order valence-electron chi connectivity index (χ1n) is 32.2. The van der Waals surface area contributed by atoms with Crippen molar-refractivity contribution in [2.75, 3.05) is 13.2 Å². The third kappa shape index (κ3) is 56.0. The molecule has 0 aliphatic heterocycles. The molecule has 0 radical (unpaired) electrons. The van der Waals surface area contributed by atoms with Crippen LogP contribution in [-0.4, -0.2) is 37.2 Å². The van der Waals surface area contributed by atoms with Crippen LogP contribution in [0.5, 0.6) is 0 Å². The first kappa shape index (κ1) is 69.4. The maximum absolute atomic E-state index is 12.9. The molecule has 0 N–H and O–H groups in total. The molecule has 71 heavy (non-hydrogen) atoms. The van der Waals surface area contributed by atoms with E-state index >= 15 is 0 Å². The number of esters is 3. The maximum atomic E-state index is 12.9. The van der Waals surface area contributed by atoms with Crippen LogP contribution in [0.1, 0.15) is 363 Å². The number of hydrogen-bond acceptors (Lipinski definition) is 6. The monoisotopic (exact) mass is 1000 g/mol. The Morgan fingerprint density at radius 1 is 0.282 bits per heavy atom. The van der Waals surface area contributed by atoms with Gasteiger partial charge in [-0.05, 0) is 37.0 Å². The number of carbonyl (C=O) groups is 3. The van der Waals surface area contributed by atoms with E-state index in [1.165, 1.54) is 244 Å². The molecule has 2 unspecified atom stereocenters. The Morgan fingerprint density at radius 2 is 0.493 bits per heavy atom. The highest BCUT2D eigenvalue weighted by Gasteiger charge is 2.19. The summed E-state index contributed by atoms with van der Waals surface area (Å²) in [5, 5.41) is 0. The highest BCUT2D eigenvalue weighted by molar-refractivity contribution is 5.71. The second kappa shape index (κ2) is 56.1. The van der Waals surface area contributed by atoms with Crippen LogP contribution in [0.15, 0.2) is 0 Å². The van der Waals surface area contributed by atoms with Crippen LogP contribution in [0, 0.1) is 17.8 Å². The third-order valence-electron chi connectivity index (χ3n) is 15.6. The van der Waals surface area contributed by atoms with Crippen LogP contribution in [0.2, 0.25) is 0 Å². The Hall–Kier alpha value is -1.59. The van der Waals surface area contributed by atoms with Gasteiger partial charge in [-0.1, -0.05) is 324 Å². The zero-order valence-corrected chi connectivity index (χ0v) is 49.0. The number of ether oxygens (including phenoxy) is 3. The number of hydrogen-bond donors (Lipinski definition) is 0. The molecular formula is C65H126O6. The molecule has 3 atom stereocenters. The van der Waals surface area contributed by atoms with E-state index in [0.29, 0.717) is 19.3 Å². The Kier molecular flexibility index (Phi) is 54.9. The Morgan fingerprint density at radius 3 is 0.732 bits per heavy atom. The van der Waals surface area contributed by atoms with E-state index in [1.54, 1.807) is 0 Å². The molecule has 0 aliphatic carbocycles. The van der Waals surface area contributed by atoms with Crippen molar-refractivity contribution >= 4 is 17.9 Å². The topological polar surface area (TPSA) is 78.9 Å². The lowest BCUT2D eigenvalue weighted by Crippen LogP contribution is -2.30. The molecule has 0 saturated carbocycles. The lowest BCUT2D eigenvalue weighted by molar-refractivity contribution is -0.167. The Bertz CT molecular complexity index is 1110. The van der Waals surface area contributed by atoms with Gasteiger partial charge in [0.15, 0.2) is 6.10 Å². The number of unbranched alkanes of at least 4 members (excludes halogenated alkanes) is 39. The fourth-order valence-corrected chi connectivity index (χ4v) is 10.00. The van der Waals surface area contributed by atoms with Crippen LogP contribution >= 0.6 is 0 Å². The van der Waals surface area contributed by atoms with Crippen molar-refractivity contribution in [3.63, 3.8) is 0 Å². The Labute approximate surface area is 444 Å². The van der Waals surface area contributed by atoms with Crippen molar-refractivity contribution in [1.82, 2.24) is 0 Å². The molecule has 6 nitrogen and oxygen atoms in total. The zero-order chi connectivity index (χ0) is 51.9. The summed E-state index contributed by atoms with van der Waals surface area (Å²) in [5.74, 6) is 1.80. The van der Waals surface area contributed by atoms with Gasteiger partial charge in [0.05, 0.1) is 0 Å². The van der Waals surface area contributed by atoms with Crippen molar-refractivity contribution in [2.45, 2.75) is 369 Å². The largest absolute Gasteiger partial charge is 0.462 e. The first-order chi connectivity index (χ1) is 34.7.